The van der Waals surface area contributed by atoms with E-state index in [1.807, 2.05) is 46.2 Å². The quantitative estimate of drug-likeness (QED) is 0.658. The Balaban J connectivity index is 2.01. The third kappa shape index (κ3) is 3.87. The molecule has 2 amide bonds. The number of pyridine rings is 1. The average molecular weight is 397 g/mol. The van der Waals surface area contributed by atoms with Crippen molar-refractivity contribution in [2.45, 2.75) is 59.9 Å². The maximum absolute atomic E-state index is 13.0. The van der Waals surface area contributed by atoms with Gasteiger partial charge in [0, 0.05) is 5.69 Å². The second-order valence-corrected chi connectivity index (χ2v) is 8.41. The van der Waals surface area contributed by atoms with Crippen LogP contribution in [0.15, 0.2) is 22.8 Å². The number of aryl methyl sites for hydroxylation is 2. The number of hydrogen-bond donors (Lipinski definition) is 2. The second-order valence-electron chi connectivity index (χ2n) is 8.41. The summed E-state index contributed by atoms with van der Waals surface area (Å²) < 4.78 is 6.98. The minimum Gasteiger partial charge on any atom is -0.469 e. The van der Waals surface area contributed by atoms with Crippen LogP contribution in [0, 0.1) is 13.8 Å². The topological polar surface area (TPSA) is 102 Å². The molecule has 3 heterocycles. The molecule has 8 nitrogen and oxygen atoms in total. The van der Waals surface area contributed by atoms with E-state index in [4.69, 9.17) is 9.40 Å². The van der Waals surface area contributed by atoms with Crippen LogP contribution in [0.5, 0.6) is 0 Å². The van der Waals surface area contributed by atoms with Crippen LogP contribution in [0.1, 0.15) is 78.4 Å². The van der Waals surface area contributed by atoms with Crippen LogP contribution in [0.2, 0.25) is 0 Å². The highest BCUT2D eigenvalue weighted by Crippen LogP contribution is 2.28. The van der Waals surface area contributed by atoms with Crippen molar-refractivity contribution in [2.24, 2.45) is 0 Å². The van der Waals surface area contributed by atoms with Crippen molar-refractivity contribution in [2.75, 3.05) is 0 Å². The number of carbonyl (C=O) groups excluding carboxylic acids is 2. The van der Waals surface area contributed by atoms with Gasteiger partial charge in [0.2, 0.25) is 0 Å². The van der Waals surface area contributed by atoms with Crippen LogP contribution in [-0.4, -0.2) is 26.6 Å². The van der Waals surface area contributed by atoms with Gasteiger partial charge in [0.05, 0.1) is 34.0 Å². The van der Waals surface area contributed by atoms with Crippen molar-refractivity contribution < 1.29 is 14.0 Å². The van der Waals surface area contributed by atoms with E-state index in [0.29, 0.717) is 33.6 Å². The first kappa shape index (κ1) is 20.6. The van der Waals surface area contributed by atoms with Crippen molar-refractivity contribution in [3.05, 3.63) is 46.7 Å². The lowest BCUT2D eigenvalue weighted by Gasteiger charge is -2.20. The summed E-state index contributed by atoms with van der Waals surface area (Å²) in [5.41, 5.74) is 7.59. The van der Waals surface area contributed by atoms with E-state index in [0.717, 1.165) is 5.69 Å². The molecule has 0 aliphatic carbocycles. The maximum atomic E-state index is 13.0. The van der Waals surface area contributed by atoms with Crippen LogP contribution in [-0.2, 0) is 5.54 Å². The van der Waals surface area contributed by atoms with E-state index in [2.05, 4.69) is 16.0 Å². The summed E-state index contributed by atoms with van der Waals surface area (Å²) in [5, 5.41) is 5.30. The van der Waals surface area contributed by atoms with Crippen LogP contribution >= 0.6 is 0 Å². The van der Waals surface area contributed by atoms with Gasteiger partial charge in [-0.25, -0.2) is 9.67 Å². The first-order chi connectivity index (χ1) is 13.5. The molecule has 0 saturated carbocycles. The van der Waals surface area contributed by atoms with Gasteiger partial charge in [-0.3, -0.25) is 20.4 Å². The SMILES string of the molecule is Cc1occc1C(=O)NNC(=O)c1cc(C(C)C)nc2c1c(C)nn2C(C)(C)C. The average Bonchev–Trinajstić information content (AvgIpc) is 3.21. The molecule has 8 heteroatoms. The number of fused-ring (bicyclic) bond motifs is 1. The molecule has 0 aromatic carbocycles. The number of aromatic nitrogens is 3. The molecule has 0 fully saturated rings. The molecule has 154 valence electrons. The zero-order valence-electron chi connectivity index (χ0n) is 17.9. The number of nitrogens with zero attached hydrogens (tertiary/aromatic N) is 3. The monoisotopic (exact) mass is 397 g/mol. The highest BCUT2D eigenvalue weighted by molar-refractivity contribution is 6.07. The van der Waals surface area contributed by atoms with Crippen LogP contribution in [0.3, 0.4) is 0 Å². The van der Waals surface area contributed by atoms with Crippen LogP contribution < -0.4 is 10.9 Å². The predicted molar refractivity (Wildman–Crippen MR) is 110 cm³/mol. The Morgan fingerprint density at radius 1 is 1.10 bits per heavy atom. The Morgan fingerprint density at radius 3 is 2.24 bits per heavy atom. The highest BCUT2D eigenvalue weighted by Gasteiger charge is 2.25. The molecule has 0 unspecified atom stereocenters. The summed E-state index contributed by atoms with van der Waals surface area (Å²) in [6.07, 6.45) is 1.43. The highest BCUT2D eigenvalue weighted by atomic mass is 16.3. The Morgan fingerprint density at radius 2 is 1.72 bits per heavy atom. The molecule has 29 heavy (non-hydrogen) atoms. The largest absolute Gasteiger partial charge is 0.469 e. The van der Waals surface area contributed by atoms with Gasteiger partial charge in [-0.2, -0.15) is 5.10 Å². The van der Waals surface area contributed by atoms with E-state index in [-0.39, 0.29) is 11.5 Å². The minimum atomic E-state index is -0.443. The molecule has 2 N–H and O–H groups in total. The number of furan rings is 1. The van der Waals surface area contributed by atoms with Crippen molar-refractivity contribution in [3.8, 4) is 0 Å². The Kier molecular flexibility index (Phi) is 5.21. The molecule has 0 saturated heterocycles. The van der Waals surface area contributed by atoms with Crippen molar-refractivity contribution >= 4 is 22.8 Å². The lowest BCUT2D eigenvalue weighted by Crippen LogP contribution is -2.41. The fourth-order valence-corrected chi connectivity index (χ4v) is 3.12. The molecule has 0 bridgehead atoms. The van der Waals surface area contributed by atoms with E-state index >= 15 is 0 Å². The summed E-state index contributed by atoms with van der Waals surface area (Å²) in [7, 11) is 0. The Bertz CT molecular complexity index is 1090. The van der Waals surface area contributed by atoms with Crippen LogP contribution in [0.4, 0.5) is 0 Å². The Hall–Kier alpha value is -3.16. The van der Waals surface area contributed by atoms with Gasteiger partial charge in [0.1, 0.15) is 5.76 Å². The van der Waals surface area contributed by atoms with Crippen LogP contribution in [0.25, 0.3) is 11.0 Å². The number of rotatable bonds is 3. The van der Waals surface area contributed by atoms with Crippen molar-refractivity contribution in [1.29, 1.82) is 0 Å². The fourth-order valence-electron chi connectivity index (χ4n) is 3.12. The van der Waals surface area contributed by atoms with Gasteiger partial charge < -0.3 is 4.42 Å². The molecule has 3 aromatic heterocycles. The molecule has 0 aliphatic heterocycles. The van der Waals surface area contributed by atoms with E-state index in [1.54, 1.807) is 19.1 Å². The van der Waals surface area contributed by atoms with Gasteiger partial charge in [0.15, 0.2) is 5.65 Å². The number of hydrogen-bond acceptors (Lipinski definition) is 5. The summed E-state index contributed by atoms with van der Waals surface area (Å²) in [5.74, 6) is -0.267. The van der Waals surface area contributed by atoms with E-state index in [9.17, 15) is 9.59 Å². The van der Waals surface area contributed by atoms with Gasteiger partial charge >= 0.3 is 0 Å². The molecule has 0 aliphatic rings. The van der Waals surface area contributed by atoms with Gasteiger partial charge in [-0.05, 0) is 52.7 Å². The molecule has 0 radical (unpaired) electrons. The zero-order valence-corrected chi connectivity index (χ0v) is 17.9. The fraction of sp³-hybridized carbons (Fsp3) is 0.429. The molecular weight excluding hydrogens is 370 g/mol. The van der Waals surface area contributed by atoms with Crippen molar-refractivity contribution in [3.63, 3.8) is 0 Å². The third-order valence-corrected chi connectivity index (χ3v) is 4.70. The van der Waals surface area contributed by atoms with E-state index in [1.165, 1.54) is 6.26 Å². The summed E-state index contributed by atoms with van der Waals surface area (Å²) >= 11 is 0. The van der Waals surface area contributed by atoms with Gasteiger partial charge in [-0.15, -0.1) is 0 Å². The van der Waals surface area contributed by atoms with E-state index < -0.39 is 11.8 Å². The number of hydrazine groups is 1. The smallest absolute Gasteiger partial charge is 0.273 e. The molecular formula is C21H27N5O3. The molecule has 0 atom stereocenters. The second kappa shape index (κ2) is 7.35. The number of nitrogens with one attached hydrogen (secondary N) is 2. The lowest BCUT2D eigenvalue weighted by molar-refractivity contribution is 0.0846. The molecule has 0 spiro atoms. The normalized spacial score (nSPS) is 11.9. The maximum Gasteiger partial charge on any atom is 0.273 e. The summed E-state index contributed by atoms with van der Waals surface area (Å²) in [6.45, 7) is 13.7. The zero-order chi connectivity index (χ0) is 21.5. The molecule has 3 aromatic rings. The predicted octanol–water partition coefficient (Wildman–Crippen LogP) is 3.59. The molecule has 3 rings (SSSR count). The standard InChI is InChI=1S/C21H27N5O3/c1-11(2)16-10-15(17-12(3)25-26(18(17)22-16)21(5,6)7)20(28)24-23-19(27)14-8-9-29-13(14)4/h8-11H,1-7H3,(H,23,27)(H,24,28). The Labute approximate surface area is 169 Å². The van der Waals surface area contributed by atoms with Crippen molar-refractivity contribution in [1.82, 2.24) is 25.6 Å². The summed E-state index contributed by atoms with van der Waals surface area (Å²) in [4.78, 5) is 30.1. The minimum absolute atomic E-state index is 0.123. The van der Waals surface area contributed by atoms with Gasteiger partial charge in [-0.1, -0.05) is 13.8 Å². The lowest BCUT2D eigenvalue weighted by atomic mass is 10.0. The van der Waals surface area contributed by atoms with Gasteiger partial charge in [0.25, 0.3) is 11.8 Å². The first-order valence-corrected chi connectivity index (χ1v) is 9.56. The number of carbonyl (C=O) groups is 2. The first-order valence-electron chi connectivity index (χ1n) is 9.56. The third-order valence-electron chi connectivity index (χ3n) is 4.70. The summed E-state index contributed by atoms with van der Waals surface area (Å²) in [6, 6.07) is 3.31. The number of amides is 2.